The van der Waals surface area contributed by atoms with Gasteiger partial charge in [0, 0.05) is 11.6 Å². The van der Waals surface area contributed by atoms with Crippen LogP contribution in [0.4, 0.5) is 5.69 Å². The minimum absolute atomic E-state index is 0.148. The van der Waals surface area contributed by atoms with Gasteiger partial charge in [0.1, 0.15) is 5.75 Å². The Morgan fingerprint density at radius 1 is 1.14 bits per heavy atom. The van der Waals surface area contributed by atoms with Crippen molar-refractivity contribution < 1.29 is 19.2 Å². The molecule has 0 aliphatic rings. The Balaban J connectivity index is 1.56. The zero-order valence-corrected chi connectivity index (χ0v) is 15.0. The molecule has 0 saturated heterocycles. The molecule has 0 aromatic heterocycles. The first-order chi connectivity index (χ1) is 13.6. The molecule has 0 aliphatic carbocycles. The summed E-state index contributed by atoms with van der Waals surface area (Å²) in [6, 6.07) is 17.7. The summed E-state index contributed by atoms with van der Waals surface area (Å²) in [6.07, 6.45) is 1.31. The first-order valence-electron chi connectivity index (χ1n) is 8.33. The molecular weight excluding hydrogens is 362 g/mol. The fourth-order valence-corrected chi connectivity index (χ4v) is 2.55. The van der Waals surface area contributed by atoms with Gasteiger partial charge in [-0.1, -0.05) is 30.3 Å². The third-order valence-corrected chi connectivity index (χ3v) is 3.89. The normalized spacial score (nSPS) is 10.8. The van der Waals surface area contributed by atoms with Crippen LogP contribution in [0.2, 0.25) is 0 Å². The van der Waals surface area contributed by atoms with Crippen LogP contribution in [-0.4, -0.2) is 30.8 Å². The third-order valence-electron chi connectivity index (χ3n) is 3.89. The van der Waals surface area contributed by atoms with Crippen LogP contribution in [0, 0.1) is 10.1 Å². The number of ether oxygens (including phenoxy) is 2. The van der Waals surface area contributed by atoms with E-state index in [4.69, 9.17) is 9.47 Å². The number of carbonyl (C=O) groups is 1. The van der Waals surface area contributed by atoms with Crippen molar-refractivity contribution in [2.24, 2.45) is 5.10 Å². The van der Waals surface area contributed by atoms with E-state index in [-0.39, 0.29) is 18.0 Å². The summed E-state index contributed by atoms with van der Waals surface area (Å²) in [5, 5.41) is 16.9. The molecule has 3 aromatic carbocycles. The predicted octanol–water partition coefficient (Wildman–Crippen LogP) is 3.29. The van der Waals surface area contributed by atoms with Gasteiger partial charge in [-0.2, -0.15) is 5.10 Å². The van der Waals surface area contributed by atoms with E-state index in [1.165, 1.54) is 25.5 Å². The van der Waals surface area contributed by atoms with Crippen molar-refractivity contribution in [2.45, 2.75) is 0 Å². The Bertz CT molecular complexity index is 1050. The first-order valence-corrected chi connectivity index (χ1v) is 8.33. The fourth-order valence-electron chi connectivity index (χ4n) is 2.55. The highest BCUT2D eigenvalue weighted by molar-refractivity contribution is 5.85. The van der Waals surface area contributed by atoms with Gasteiger partial charge in [0.2, 0.25) is 0 Å². The van der Waals surface area contributed by atoms with Crippen molar-refractivity contribution in [1.29, 1.82) is 0 Å². The Kier molecular flexibility index (Phi) is 5.81. The van der Waals surface area contributed by atoms with Gasteiger partial charge in [0.25, 0.3) is 5.91 Å². The van der Waals surface area contributed by atoms with E-state index in [1.807, 2.05) is 36.4 Å². The smallest absolute Gasteiger partial charge is 0.311 e. The number of rotatable bonds is 7. The quantitative estimate of drug-likeness (QED) is 0.385. The Labute approximate surface area is 160 Å². The molecule has 3 aromatic rings. The molecule has 0 atom stereocenters. The van der Waals surface area contributed by atoms with Gasteiger partial charge in [-0.05, 0) is 35.0 Å². The van der Waals surface area contributed by atoms with Crippen LogP contribution < -0.4 is 14.9 Å². The molecule has 3 rings (SSSR count). The molecular formula is C20H17N3O5. The number of fused-ring (bicyclic) bond motifs is 1. The maximum Gasteiger partial charge on any atom is 0.311 e. The van der Waals surface area contributed by atoms with Gasteiger partial charge in [-0.15, -0.1) is 0 Å². The Morgan fingerprint density at radius 2 is 1.93 bits per heavy atom. The predicted molar refractivity (Wildman–Crippen MR) is 105 cm³/mol. The van der Waals surface area contributed by atoms with Crippen LogP contribution in [0.25, 0.3) is 10.8 Å². The number of hydrogen-bond donors (Lipinski definition) is 1. The summed E-state index contributed by atoms with van der Waals surface area (Å²) in [5.41, 5.74) is 2.58. The van der Waals surface area contributed by atoms with Gasteiger partial charge in [-0.3, -0.25) is 14.9 Å². The number of nitro benzene ring substituents is 1. The van der Waals surface area contributed by atoms with E-state index in [2.05, 4.69) is 10.5 Å². The Hall–Kier alpha value is -3.94. The number of nitrogens with one attached hydrogen (secondary N) is 1. The summed E-state index contributed by atoms with van der Waals surface area (Å²) in [7, 11) is 1.35. The topological polar surface area (TPSA) is 103 Å². The molecule has 0 heterocycles. The highest BCUT2D eigenvalue weighted by Gasteiger charge is 2.14. The number of hydrazone groups is 1. The average molecular weight is 379 g/mol. The number of methoxy groups -OCH3 is 1. The highest BCUT2D eigenvalue weighted by Crippen LogP contribution is 2.26. The van der Waals surface area contributed by atoms with Crippen LogP contribution in [0.1, 0.15) is 5.56 Å². The molecule has 0 aliphatic heterocycles. The number of nitro groups is 1. The van der Waals surface area contributed by atoms with Crippen molar-refractivity contribution in [2.75, 3.05) is 13.7 Å². The van der Waals surface area contributed by atoms with Crippen molar-refractivity contribution in [3.05, 3.63) is 76.3 Å². The van der Waals surface area contributed by atoms with Gasteiger partial charge < -0.3 is 9.47 Å². The van der Waals surface area contributed by atoms with E-state index in [1.54, 1.807) is 12.1 Å². The zero-order chi connectivity index (χ0) is 19.9. The van der Waals surface area contributed by atoms with Gasteiger partial charge in [0.15, 0.2) is 12.4 Å². The van der Waals surface area contributed by atoms with Crippen molar-refractivity contribution >= 4 is 28.6 Å². The molecule has 28 heavy (non-hydrogen) atoms. The van der Waals surface area contributed by atoms with E-state index in [0.717, 1.165) is 10.8 Å². The molecule has 8 heteroatoms. The first kappa shape index (κ1) is 18.8. The summed E-state index contributed by atoms with van der Waals surface area (Å²) in [6.45, 7) is -0.210. The van der Waals surface area contributed by atoms with Crippen LogP contribution in [0.3, 0.4) is 0 Å². The summed E-state index contributed by atoms with van der Waals surface area (Å²) in [4.78, 5) is 22.3. The number of benzene rings is 3. The molecule has 0 unspecified atom stereocenters. The monoisotopic (exact) mass is 379 g/mol. The van der Waals surface area contributed by atoms with E-state index < -0.39 is 10.8 Å². The van der Waals surface area contributed by atoms with Crippen molar-refractivity contribution in [3.8, 4) is 11.5 Å². The molecule has 1 N–H and O–H groups in total. The molecule has 0 bridgehead atoms. The lowest BCUT2D eigenvalue weighted by Crippen LogP contribution is -2.24. The largest absolute Gasteiger partial charge is 0.490 e. The molecule has 0 radical (unpaired) electrons. The minimum atomic E-state index is -0.549. The van der Waals surface area contributed by atoms with Gasteiger partial charge in [0.05, 0.1) is 18.2 Å². The highest BCUT2D eigenvalue weighted by atomic mass is 16.6. The summed E-state index contributed by atoms with van der Waals surface area (Å²) in [5.74, 6) is 0.269. The van der Waals surface area contributed by atoms with E-state index in [0.29, 0.717) is 11.3 Å². The lowest BCUT2D eigenvalue weighted by molar-refractivity contribution is -0.385. The van der Waals surface area contributed by atoms with E-state index in [9.17, 15) is 14.9 Å². The second kappa shape index (κ2) is 8.63. The van der Waals surface area contributed by atoms with Crippen LogP contribution in [0.15, 0.2) is 65.8 Å². The maximum absolute atomic E-state index is 11.9. The van der Waals surface area contributed by atoms with Crippen LogP contribution in [0.5, 0.6) is 11.5 Å². The number of amides is 1. The second-order valence-electron chi connectivity index (χ2n) is 5.78. The summed E-state index contributed by atoms with van der Waals surface area (Å²) >= 11 is 0. The van der Waals surface area contributed by atoms with Gasteiger partial charge in [-0.25, -0.2) is 5.43 Å². The lowest BCUT2D eigenvalue weighted by atomic mass is 10.1. The van der Waals surface area contributed by atoms with Crippen LogP contribution >= 0.6 is 0 Å². The molecule has 142 valence electrons. The molecule has 0 saturated carbocycles. The number of nitrogens with zero attached hydrogens (tertiary/aromatic N) is 2. The number of hydrogen-bond acceptors (Lipinski definition) is 6. The molecule has 8 nitrogen and oxygen atoms in total. The number of carbonyl (C=O) groups excluding carboxylic acids is 1. The zero-order valence-electron chi connectivity index (χ0n) is 15.0. The Morgan fingerprint density at radius 3 is 2.68 bits per heavy atom. The maximum atomic E-state index is 11.9. The molecule has 0 spiro atoms. The standard InChI is InChI=1S/C20H17N3O5/c1-27-19-9-6-14(10-18(19)23(25)26)12-21-22-20(24)13-28-17-8-7-15-4-2-3-5-16(15)11-17/h2-12H,13H2,1H3,(H,22,24)/b21-12+. The second-order valence-corrected chi connectivity index (χ2v) is 5.78. The fraction of sp³-hybridized carbons (Fsp3) is 0.100. The SMILES string of the molecule is COc1ccc(/C=N/NC(=O)COc2ccc3ccccc3c2)cc1[N+](=O)[O-]. The lowest BCUT2D eigenvalue weighted by Gasteiger charge is -2.06. The van der Waals surface area contributed by atoms with Gasteiger partial charge >= 0.3 is 5.69 Å². The molecule has 1 amide bonds. The van der Waals surface area contributed by atoms with Crippen molar-refractivity contribution in [3.63, 3.8) is 0 Å². The van der Waals surface area contributed by atoms with Crippen molar-refractivity contribution in [1.82, 2.24) is 5.43 Å². The third kappa shape index (κ3) is 4.61. The minimum Gasteiger partial charge on any atom is -0.490 e. The average Bonchev–Trinajstić information content (AvgIpc) is 2.72. The van der Waals surface area contributed by atoms with Crippen LogP contribution in [-0.2, 0) is 4.79 Å². The summed E-state index contributed by atoms with van der Waals surface area (Å²) < 4.78 is 10.4. The molecule has 0 fully saturated rings. The van der Waals surface area contributed by atoms with E-state index >= 15 is 0 Å².